The van der Waals surface area contributed by atoms with Gasteiger partial charge in [0.1, 0.15) is 5.94 Å². The van der Waals surface area contributed by atoms with E-state index in [0.717, 1.165) is 43.4 Å². The van der Waals surface area contributed by atoms with E-state index in [1.165, 1.54) is 5.56 Å². The first-order chi connectivity index (χ1) is 12.1. The van der Waals surface area contributed by atoms with E-state index in [-0.39, 0.29) is 16.5 Å². The van der Waals surface area contributed by atoms with Gasteiger partial charge in [-0.25, -0.2) is 4.31 Å². The molecule has 132 valence electrons. The number of halogens is 1. The number of fused-ring (bicyclic) bond motifs is 3. The van der Waals surface area contributed by atoms with E-state index >= 15 is 0 Å². The van der Waals surface area contributed by atoms with Crippen LogP contribution in [0.3, 0.4) is 0 Å². The average molecular weight is 375 g/mol. The number of ether oxygens (including phenoxy) is 1. The molecule has 1 aromatic carbocycles. The molecule has 0 amide bonds. The maximum absolute atomic E-state index is 6.17. The maximum Gasteiger partial charge on any atom is 0.107 e. The molecule has 2 bridgehead atoms. The van der Waals surface area contributed by atoms with Crippen LogP contribution < -0.4 is 0 Å². The molecule has 2 aliphatic carbocycles. The van der Waals surface area contributed by atoms with Crippen molar-refractivity contribution in [1.29, 1.82) is 0 Å². The number of hydrogen-bond acceptors (Lipinski definition) is 4. The van der Waals surface area contributed by atoms with Crippen LogP contribution in [0.15, 0.2) is 41.4 Å². The summed E-state index contributed by atoms with van der Waals surface area (Å²) in [5.41, 5.74) is 1.26. The van der Waals surface area contributed by atoms with Gasteiger partial charge in [-0.05, 0) is 61.0 Å². The zero-order chi connectivity index (χ0) is 17.1. The molecule has 4 atom stereocenters. The Morgan fingerprint density at radius 3 is 2.84 bits per heavy atom. The van der Waals surface area contributed by atoms with Crippen molar-refractivity contribution in [3.8, 4) is 0 Å². The van der Waals surface area contributed by atoms with Gasteiger partial charge in [0.25, 0.3) is 0 Å². The van der Waals surface area contributed by atoms with Gasteiger partial charge in [0.05, 0.1) is 17.7 Å². The van der Waals surface area contributed by atoms with Gasteiger partial charge in [0.2, 0.25) is 0 Å². The van der Waals surface area contributed by atoms with Crippen LogP contribution in [0.25, 0.3) is 0 Å². The Balaban J connectivity index is 1.67. The number of hydrogen-bond donors (Lipinski definition) is 0. The second-order valence-electron chi connectivity index (χ2n) is 7.77. The molecule has 2 aliphatic heterocycles. The number of allylic oxidation sites excluding steroid dienone is 1. The average Bonchev–Trinajstić information content (AvgIpc) is 3.35. The smallest absolute Gasteiger partial charge is 0.107 e. The fraction of sp³-hybridized carbons (Fsp3) is 0.550. The summed E-state index contributed by atoms with van der Waals surface area (Å²) in [6, 6.07) is 8.49. The highest BCUT2D eigenvalue weighted by molar-refractivity contribution is 7.96. The summed E-state index contributed by atoms with van der Waals surface area (Å²) in [4.78, 5) is 5.24. The minimum Gasteiger partial charge on any atom is -0.368 e. The van der Waals surface area contributed by atoms with E-state index in [4.69, 9.17) is 21.3 Å². The number of aliphatic imine (C=N–C) groups is 1. The Kier molecular flexibility index (Phi) is 3.66. The largest absolute Gasteiger partial charge is 0.368 e. The van der Waals surface area contributed by atoms with Gasteiger partial charge in [-0.1, -0.05) is 42.8 Å². The fourth-order valence-corrected chi connectivity index (χ4v) is 6.98. The third-order valence-electron chi connectivity index (χ3n) is 7.02. The van der Waals surface area contributed by atoms with E-state index in [2.05, 4.69) is 41.7 Å². The standard InChI is InChI=1S/C20H23ClN2OS/c1-18(15-3-5-17(21)6-4-15)16-7-9-19(13-16,20(18)8-2-10-22-20)23-11-12-24-14-25-23/h3-7,9-10,16H,2,8,11-14H2,1H3. The Morgan fingerprint density at radius 1 is 1.32 bits per heavy atom. The highest BCUT2D eigenvalue weighted by Gasteiger charge is 2.73. The molecular weight excluding hydrogens is 352 g/mol. The Morgan fingerprint density at radius 2 is 2.16 bits per heavy atom. The summed E-state index contributed by atoms with van der Waals surface area (Å²) in [6.07, 6.45) is 10.4. The molecule has 2 heterocycles. The van der Waals surface area contributed by atoms with Crippen molar-refractivity contribution in [3.63, 3.8) is 0 Å². The normalized spacial score (nSPS) is 42.7. The first-order valence-electron chi connectivity index (χ1n) is 9.10. The van der Waals surface area contributed by atoms with Gasteiger partial charge in [-0.3, -0.25) is 4.99 Å². The first-order valence-corrected chi connectivity index (χ1v) is 10.4. The van der Waals surface area contributed by atoms with Crippen molar-refractivity contribution in [1.82, 2.24) is 4.31 Å². The Bertz CT molecular complexity index is 745. The maximum atomic E-state index is 6.17. The highest BCUT2D eigenvalue weighted by atomic mass is 35.5. The molecule has 0 radical (unpaired) electrons. The molecule has 3 nitrogen and oxygen atoms in total. The van der Waals surface area contributed by atoms with Crippen molar-refractivity contribution in [2.75, 3.05) is 19.1 Å². The fourth-order valence-electron chi connectivity index (χ4n) is 5.81. The van der Waals surface area contributed by atoms with Crippen molar-refractivity contribution >= 4 is 29.8 Å². The molecule has 2 fully saturated rings. The molecule has 5 heteroatoms. The predicted octanol–water partition coefficient (Wildman–Crippen LogP) is 4.47. The third kappa shape index (κ3) is 1.94. The van der Waals surface area contributed by atoms with Gasteiger partial charge in [0.15, 0.2) is 0 Å². The van der Waals surface area contributed by atoms with Gasteiger partial charge in [-0.15, -0.1) is 0 Å². The van der Waals surface area contributed by atoms with Crippen molar-refractivity contribution in [2.24, 2.45) is 10.9 Å². The molecule has 1 spiro atoms. The van der Waals surface area contributed by atoms with E-state index in [9.17, 15) is 0 Å². The quantitative estimate of drug-likeness (QED) is 0.564. The van der Waals surface area contributed by atoms with Crippen molar-refractivity contribution in [2.45, 2.75) is 42.7 Å². The molecule has 0 N–H and O–H groups in total. The summed E-state index contributed by atoms with van der Waals surface area (Å²) < 4.78 is 8.19. The van der Waals surface area contributed by atoms with Gasteiger partial charge in [-0.2, -0.15) is 0 Å². The lowest BCUT2D eigenvalue weighted by Gasteiger charge is -2.54. The van der Waals surface area contributed by atoms with Crippen LogP contribution in [0.4, 0.5) is 0 Å². The molecule has 1 aromatic rings. The summed E-state index contributed by atoms with van der Waals surface area (Å²) in [5, 5.41) is 0.800. The highest BCUT2D eigenvalue weighted by Crippen LogP contribution is 2.68. The van der Waals surface area contributed by atoms with Crippen LogP contribution >= 0.6 is 23.5 Å². The van der Waals surface area contributed by atoms with E-state index in [0.29, 0.717) is 5.92 Å². The third-order valence-corrected chi connectivity index (χ3v) is 8.36. The predicted molar refractivity (Wildman–Crippen MR) is 104 cm³/mol. The van der Waals surface area contributed by atoms with Crippen LogP contribution in [0, 0.1) is 5.92 Å². The second kappa shape index (κ2) is 5.59. The molecule has 5 rings (SSSR count). The van der Waals surface area contributed by atoms with Crippen molar-refractivity contribution < 1.29 is 4.74 Å². The van der Waals surface area contributed by atoms with Gasteiger partial charge >= 0.3 is 0 Å². The number of benzene rings is 1. The molecule has 0 aromatic heterocycles. The monoisotopic (exact) mass is 374 g/mol. The molecule has 1 saturated carbocycles. The second-order valence-corrected chi connectivity index (χ2v) is 9.14. The molecule has 4 aliphatic rings. The van der Waals surface area contributed by atoms with Crippen LogP contribution in [-0.4, -0.2) is 40.7 Å². The Labute approximate surface area is 158 Å². The summed E-state index contributed by atoms with van der Waals surface area (Å²) in [7, 11) is 0. The van der Waals surface area contributed by atoms with Crippen LogP contribution in [0.1, 0.15) is 31.7 Å². The minimum atomic E-state index is -0.0996. The lowest BCUT2D eigenvalue weighted by molar-refractivity contribution is 0.0749. The van der Waals surface area contributed by atoms with Crippen LogP contribution in [-0.2, 0) is 10.2 Å². The zero-order valence-corrected chi connectivity index (χ0v) is 16.0. The SMILES string of the molecule is CC1(c2ccc(Cl)cc2)C2C=CC(N3CCOCS3)(C2)C12CCC=N2. The zero-order valence-electron chi connectivity index (χ0n) is 14.5. The lowest BCUT2D eigenvalue weighted by atomic mass is 9.58. The van der Waals surface area contributed by atoms with Crippen molar-refractivity contribution in [3.05, 3.63) is 47.0 Å². The minimum absolute atomic E-state index is 0.00178. The summed E-state index contributed by atoms with van der Waals surface area (Å²) >= 11 is 8.01. The van der Waals surface area contributed by atoms with Crippen LogP contribution in [0.2, 0.25) is 5.02 Å². The number of rotatable bonds is 2. The van der Waals surface area contributed by atoms with E-state index in [1.807, 2.05) is 24.1 Å². The Hall–Kier alpha value is -0.810. The first kappa shape index (κ1) is 16.4. The van der Waals surface area contributed by atoms with Crippen LogP contribution in [0.5, 0.6) is 0 Å². The molecular formula is C20H23ClN2OS. The molecule has 4 unspecified atom stereocenters. The number of nitrogens with zero attached hydrogens (tertiary/aromatic N) is 2. The molecule has 1 saturated heterocycles. The van der Waals surface area contributed by atoms with E-state index in [1.54, 1.807) is 0 Å². The van der Waals surface area contributed by atoms with Gasteiger partial charge in [0, 0.05) is 17.0 Å². The van der Waals surface area contributed by atoms with Gasteiger partial charge < -0.3 is 4.74 Å². The van der Waals surface area contributed by atoms with E-state index < -0.39 is 0 Å². The summed E-state index contributed by atoms with van der Waals surface area (Å²) in [6.45, 7) is 4.21. The lowest BCUT2D eigenvalue weighted by Crippen LogP contribution is -2.64. The summed E-state index contributed by atoms with van der Waals surface area (Å²) in [5.74, 6) is 1.25. The molecule has 25 heavy (non-hydrogen) atoms. The topological polar surface area (TPSA) is 24.8 Å².